The van der Waals surface area contributed by atoms with Crippen LogP contribution in [0.3, 0.4) is 0 Å². The fourth-order valence-electron chi connectivity index (χ4n) is 0.888. The molecule has 0 bridgehead atoms. The zero-order chi connectivity index (χ0) is 9.84. The molecule has 0 amide bonds. The van der Waals surface area contributed by atoms with E-state index in [4.69, 9.17) is 11.6 Å². The predicted octanol–water partition coefficient (Wildman–Crippen LogP) is 1.45. The third kappa shape index (κ3) is 2.52. The van der Waals surface area contributed by atoms with Crippen molar-refractivity contribution in [3.8, 4) is 0 Å². The Morgan fingerprint density at radius 2 is 2.15 bits per heavy atom. The molecule has 5 heteroatoms. The Labute approximate surface area is 79.3 Å². The van der Waals surface area contributed by atoms with Crippen LogP contribution in [0.25, 0.3) is 0 Å². The van der Waals surface area contributed by atoms with Crippen LogP contribution in [0, 0.1) is 10.1 Å². The Hall–Kier alpha value is -1.42. The first-order valence-corrected chi connectivity index (χ1v) is 3.92. The maximum atomic E-state index is 10.4. The van der Waals surface area contributed by atoms with Crippen molar-refractivity contribution in [1.29, 1.82) is 0 Å². The summed E-state index contributed by atoms with van der Waals surface area (Å²) in [6, 6.07) is 0. The summed E-state index contributed by atoms with van der Waals surface area (Å²) < 4.78 is 0. The molecule has 1 atom stereocenters. The third-order valence-corrected chi connectivity index (χ3v) is 1.73. The molecule has 0 saturated carbocycles. The van der Waals surface area contributed by atoms with Crippen LogP contribution in [-0.2, 0) is 4.79 Å². The molecule has 13 heavy (non-hydrogen) atoms. The van der Waals surface area contributed by atoms with Gasteiger partial charge in [0.2, 0.25) is 0 Å². The van der Waals surface area contributed by atoms with Gasteiger partial charge in [0.25, 0.3) is 5.70 Å². The molecule has 0 aromatic heterocycles. The SMILES string of the molecule is O=CC1=CC(Cl)C=C([N+](=O)[O-])C=C1. The number of carbonyl (C=O) groups excluding carboxylic acids is 1. The van der Waals surface area contributed by atoms with Gasteiger partial charge in [0.1, 0.15) is 6.29 Å². The average molecular weight is 200 g/mol. The number of aldehydes is 1. The number of halogens is 1. The molecule has 0 N–H and O–H groups in total. The first kappa shape index (κ1) is 9.67. The van der Waals surface area contributed by atoms with E-state index < -0.39 is 10.3 Å². The normalized spacial score (nSPS) is 21.5. The van der Waals surface area contributed by atoms with Gasteiger partial charge in [0.15, 0.2) is 0 Å². The highest BCUT2D eigenvalue weighted by Crippen LogP contribution is 2.14. The van der Waals surface area contributed by atoms with Crippen LogP contribution in [0.2, 0.25) is 0 Å². The molecule has 1 aliphatic carbocycles. The Morgan fingerprint density at radius 1 is 1.46 bits per heavy atom. The van der Waals surface area contributed by atoms with E-state index in [1.807, 2.05) is 0 Å². The van der Waals surface area contributed by atoms with E-state index in [-0.39, 0.29) is 5.70 Å². The molecule has 0 aromatic carbocycles. The van der Waals surface area contributed by atoms with E-state index in [0.29, 0.717) is 11.9 Å². The predicted molar refractivity (Wildman–Crippen MR) is 48.0 cm³/mol. The molecule has 0 spiro atoms. The summed E-state index contributed by atoms with van der Waals surface area (Å²) in [7, 11) is 0. The summed E-state index contributed by atoms with van der Waals surface area (Å²) in [5.41, 5.74) is 0.237. The number of alkyl halides is 1. The van der Waals surface area contributed by atoms with Gasteiger partial charge >= 0.3 is 0 Å². The zero-order valence-corrected chi connectivity index (χ0v) is 7.27. The minimum absolute atomic E-state index is 0.104. The summed E-state index contributed by atoms with van der Waals surface area (Å²) >= 11 is 5.68. The number of carbonyl (C=O) groups is 1. The van der Waals surface area contributed by atoms with Crippen molar-refractivity contribution in [3.63, 3.8) is 0 Å². The van der Waals surface area contributed by atoms with E-state index >= 15 is 0 Å². The van der Waals surface area contributed by atoms with Crippen LogP contribution < -0.4 is 0 Å². The molecule has 1 unspecified atom stereocenters. The van der Waals surface area contributed by atoms with Crippen LogP contribution in [0.15, 0.2) is 35.6 Å². The minimum Gasteiger partial charge on any atom is -0.298 e. The van der Waals surface area contributed by atoms with Crippen LogP contribution in [-0.4, -0.2) is 16.6 Å². The Kier molecular flexibility index (Phi) is 2.97. The quantitative estimate of drug-likeness (QED) is 0.293. The molecule has 4 nitrogen and oxygen atoms in total. The highest BCUT2D eigenvalue weighted by Gasteiger charge is 2.12. The molecule has 0 aliphatic heterocycles. The van der Waals surface area contributed by atoms with Gasteiger partial charge in [-0.3, -0.25) is 14.9 Å². The lowest BCUT2D eigenvalue weighted by atomic mass is 10.2. The van der Waals surface area contributed by atoms with E-state index in [0.717, 1.165) is 0 Å². The molecule has 0 heterocycles. The standard InChI is InChI=1S/C8H6ClNO3/c9-7-3-6(5-11)1-2-8(4-7)10(12)13/h1-5,7H. The molecule has 0 saturated heterocycles. The fourth-order valence-corrected chi connectivity index (χ4v) is 1.16. The average Bonchev–Trinajstić information content (AvgIpc) is 2.26. The number of nitro groups is 1. The second kappa shape index (κ2) is 4.00. The summed E-state index contributed by atoms with van der Waals surface area (Å²) in [6.45, 7) is 0. The number of hydrogen-bond donors (Lipinski definition) is 0. The number of allylic oxidation sites excluding steroid dienone is 5. The van der Waals surface area contributed by atoms with Crippen LogP contribution in [0.5, 0.6) is 0 Å². The van der Waals surface area contributed by atoms with E-state index in [9.17, 15) is 14.9 Å². The van der Waals surface area contributed by atoms with Crippen molar-refractivity contribution < 1.29 is 9.72 Å². The van der Waals surface area contributed by atoms with Crippen molar-refractivity contribution in [1.82, 2.24) is 0 Å². The first-order chi connectivity index (χ1) is 6.13. The number of nitrogens with zero attached hydrogens (tertiary/aromatic N) is 1. The van der Waals surface area contributed by atoms with E-state index in [1.54, 1.807) is 0 Å². The molecule has 0 radical (unpaired) electrons. The maximum Gasteiger partial charge on any atom is 0.267 e. The molecule has 68 valence electrons. The fraction of sp³-hybridized carbons (Fsp3) is 0.125. The van der Waals surface area contributed by atoms with Crippen molar-refractivity contribution in [3.05, 3.63) is 45.7 Å². The molecule has 0 fully saturated rings. The largest absolute Gasteiger partial charge is 0.298 e. The lowest BCUT2D eigenvalue weighted by molar-refractivity contribution is -0.419. The zero-order valence-electron chi connectivity index (χ0n) is 6.51. The van der Waals surface area contributed by atoms with Crippen molar-refractivity contribution in [2.75, 3.05) is 0 Å². The third-order valence-electron chi connectivity index (χ3n) is 1.48. The summed E-state index contributed by atoms with van der Waals surface area (Å²) in [6.07, 6.45) is 5.94. The van der Waals surface area contributed by atoms with Gasteiger partial charge in [0, 0.05) is 17.7 Å². The summed E-state index contributed by atoms with van der Waals surface area (Å²) in [5, 5.41) is 9.75. The second-order valence-corrected chi connectivity index (χ2v) is 2.91. The second-order valence-electron chi connectivity index (χ2n) is 2.41. The number of rotatable bonds is 2. The minimum atomic E-state index is -0.615. The highest BCUT2D eigenvalue weighted by molar-refractivity contribution is 6.23. The van der Waals surface area contributed by atoms with Gasteiger partial charge in [0.05, 0.1) is 10.3 Å². The molecular formula is C8H6ClNO3. The molecule has 1 aliphatic rings. The van der Waals surface area contributed by atoms with Gasteiger partial charge in [-0.25, -0.2) is 0 Å². The Bertz CT molecular complexity index is 330. The maximum absolute atomic E-state index is 10.4. The topological polar surface area (TPSA) is 60.2 Å². The van der Waals surface area contributed by atoms with Gasteiger partial charge in [-0.15, -0.1) is 11.6 Å². The summed E-state index contributed by atoms with van der Waals surface area (Å²) in [4.78, 5) is 20.2. The lowest BCUT2D eigenvalue weighted by Crippen LogP contribution is -1.98. The van der Waals surface area contributed by atoms with E-state index in [2.05, 4.69) is 0 Å². The van der Waals surface area contributed by atoms with Crippen LogP contribution >= 0.6 is 11.6 Å². The highest BCUT2D eigenvalue weighted by atomic mass is 35.5. The van der Waals surface area contributed by atoms with Crippen LogP contribution in [0.4, 0.5) is 0 Å². The Morgan fingerprint density at radius 3 is 2.69 bits per heavy atom. The molecule has 1 rings (SSSR count). The lowest BCUT2D eigenvalue weighted by Gasteiger charge is -1.93. The number of hydrogen-bond acceptors (Lipinski definition) is 3. The van der Waals surface area contributed by atoms with Gasteiger partial charge in [-0.2, -0.15) is 0 Å². The van der Waals surface area contributed by atoms with Gasteiger partial charge < -0.3 is 0 Å². The monoisotopic (exact) mass is 199 g/mol. The van der Waals surface area contributed by atoms with E-state index in [1.165, 1.54) is 24.3 Å². The van der Waals surface area contributed by atoms with Gasteiger partial charge in [-0.1, -0.05) is 6.08 Å². The first-order valence-electron chi connectivity index (χ1n) is 3.49. The van der Waals surface area contributed by atoms with Crippen molar-refractivity contribution >= 4 is 17.9 Å². The Balaban J connectivity index is 2.98. The molecule has 0 aromatic rings. The molecular weight excluding hydrogens is 194 g/mol. The summed E-state index contributed by atoms with van der Waals surface area (Å²) in [5.74, 6) is 0. The van der Waals surface area contributed by atoms with Crippen LogP contribution in [0.1, 0.15) is 0 Å². The van der Waals surface area contributed by atoms with Gasteiger partial charge in [-0.05, 0) is 6.08 Å². The van der Waals surface area contributed by atoms with Crippen molar-refractivity contribution in [2.24, 2.45) is 0 Å². The smallest absolute Gasteiger partial charge is 0.267 e. The van der Waals surface area contributed by atoms with Crippen molar-refractivity contribution in [2.45, 2.75) is 5.38 Å².